The summed E-state index contributed by atoms with van der Waals surface area (Å²) in [4.78, 5) is 16.9. The van der Waals surface area contributed by atoms with E-state index in [4.69, 9.17) is 0 Å². The highest BCUT2D eigenvalue weighted by Gasteiger charge is 2.32. The van der Waals surface area contributed by atoms with Gasteiger partial charge in [0.15, 0.2) is 9.84 Å². The van der Waals surface area contributed by atoms with Crippen LogP contribution in [0.5, 0.6) is 5.75 Å². The Morgan fingerprint density at radius 2 is 1.77 bits per heavy atom. The monoisotopic (exact) mass is 504 g/mol. The van der Waals surface area contributed by atoms with Gasteiger partial charge in [-0.3, -0.25) is 4.79 Å². The molecule has 1 aliphatic rings. The van der Waals surface area contributed by atoms with Gasteiger partial charge in [-0.1, -0.05) is 30.3 Å². The number of pyridine rings is 1. The molecule has 1 saturated carbocycles. The highest BCUT2D eigenvalue weighted by atomic mass is 32.2. The number of nitrogens with zero attached hydrogens (tertiary/aromatic N) is 1. The molecular weight excluding hydrogens is 481 g/mol. The fourth-order valence-corrected chi connectivity index (χ4v) is 5.38. The standard InChI is InChI=1S/C25H23F3N2O4S/c1-16-12-23(29-14-21(16)20-4-2-3-5-22(20)34-25(26,27)28)30-24(31)13-17-8-10-19(11-9-17)35(32,33)15-18-6-7-18/h2-5,8-12,14,18H,6-7,13,15H2,1H3,(H,29,30,31). The summed E-state index contributed by atoms with van der Waals surface area (Å²) in [6.07, 6.45) is -1.55. The Morgan fingerprint density at radius 3 is 2.40 bits per heavy atom. The molecule has 2 aromatic carbocycles. The molecule has 0 saturated heterocycles. The third-order valence-corrected chi connectivity index (χ3v) is 7.48. The quantitative estimate of drug-likeness (QED) is 0.449. The summed E-state index contributed by atoms with van der Waals surface area (Å²) < 4.78 is 67.1. The molecule has 1 aromatic heterocycles. The Bertz CT molecular complexity index is 1340. The van der Waals surface area contributed by atoms with E-state index >= 15 is 0 Å². The number of para-hydroxylation sites is 1. The molecule has 0 atom stereocenters. The van der Waals surface area contributed by atoms with Crippen molar-refractivity contribution in [3.63, 3.8) is 0 Å². The molecule has 1 amide bonds. The molecule has 10 heteroatoms. The fourth-order valence-electron chi connectivity index (χ4n) is 3.69. The number of carbonyl (C=O) groups excluding carboxylic acids is 1. The smallest absolute Gasteiger partial charge is 0.405 e. The second-order valence-corrected chi connectivity index (χ2v) is 10.6. The van der Waals surface area contributed by atoms with Gasteiger partial charge in [0.25, 0.3) is 0 Å². The average Bonchev–Trinajstić information content (AvgIpc) is 3.57. The van der Waals surface area contributed by atoms with E-state index in [1.54, 1.807) is 31.2 Å². The molecule has 0 unspecified atom stereocenters. The number of halogens is 3. The summed E-state index contributed by atoms with van der Waals surface area (Å²) >= 11 is 0. The van der Waals surface area contributed by atoms with E-state index in [0.29, 0.717) is 16.7 Å². The van der Waals surface area contributed by atoms with Crippen molar-refractivity contribution in [1.82, 2.24) is 4.98 Å². The Labute approximate surface area is 201 Å². The molecule has 0 radical (unpaired) electrons. The third kappa shape index (κ3) is 6.60. The van der Waals surface area contributed by atoms with Crippen LogP contribution in [-0.2, 0) is 21.1 Å². The minimum atomic E-state index is -4.83. The van der Waals surface area contributed by atoms with Crippen molar-refractivity contribution in [2.24, 2.45) is 5.92 Å². The Morgan fingerprint density at radius 1 is 1.09 bits per heavy atom. The summed E-state index contributed by atoms with van der Waals surface area (Å²) in [5, 5.41) is 2.66. The van der Waals surface area contributed by atoms with Crippen molar-refractivity contribution in [3.05, 3.63) is 71.9 Å². The van der Waals surface area contributed by atoms with Crippen molar-refractivity contribution in [2.45, 2.75) is 37.4 Å². The molecule has 4 rings (SSSR count). The van der Waals surface area contributed by atoms with Gasteiger partial charge in [-0.05, 0) is 61.1 Å². The van der Waals surface area contributed by atoms with E-state index in [-0.39, 0.29) is 46.0 Å². The average molecular weight is 505 g/mol. The van der Waals surface area contributed by atoms with E-state index < -0.39 is 16.2 Å². The summed E-state index contributed by atoms with van der Waals surface area (Å²) in [5.41, 5.74) is 1.90. The van der Waals surface area contributed by atoms with Crippen molar-refractivity contribution < 1.29 is 31.1 Å². The summed E-state index contributed by atoms with van der Waals surface area (Å²) in [7, 11) is -3.32. The second kappa shape index (κ2) is 9.69. The predicted octanol–water partition coefficient (Wildman–Crippen LogP) is 5.32. The molecule has 0 bridgehead atoms. The van der Waals surface area contributed by atoms with E-state index in [9.17, 15) is 26.4 Å². The fraction of sp³-hybridized carbons (Fsp3) is 0.280. The molecule has 0 spiro atoms. The van der Waals surface area contributed by atoms with Crippen molar-refractivity contribution >= 4 is 21.6 Å². The first-order valence-corrected chi connectivity index (χ1v) is 12.6. The van der Waals surface area contributed by atoms with Gasteiger partial charge in [0, 0.05) is 17.3 Å². The Hall–Kier alpha value is -3.40. The molecular formula is C25H23F3N2O4S. The lowest BCUT2D eigenvalue weighted by Gasteiger charge is -2.15. The number of benzene rings is 2. The minimum Gasteiger partial charge on any atom is -0.405 e. The van der Waals surface area contributed by atoms with Crippen molar-refractivity contribution in [1.29, 1.82) is 0 Å². The number of rotatable bonds is 8. The number of hydrogen-bond donors (Lipinski definition) is 1. The predicted molar refractivity (Wildman–Crippen MR) is 125 cm³/mol. The SMILES string of the molecule is Cc1cc(NC(=O)Cc2ccc(S(=O)(=O)CC3CC3)cc2)ncc1-c1ccccc1OC(F)(F)F. The molecule has 3 aromatic rings. The number of sulfone groups is 1. The number of alkyl halides is 3. The van der Waals surface area contributed by atoms with Gasteiger partial charge in [0.1, 0.15) is 11.6 Å². The van der Waals surface area contributed by atoms with Crippen molar-refractivity contribution in [2.75, 3.05) is 11.1 Å². The molecule has 184 valence electrons. The summed E-state index contributed by atoms with van der Waals surface area (Å²) in [6.45, 7) is 1.69. The van der Waals surface area contributed by atoms with E-state index in [1.165, 1.54) is 36.5 Å². The number of ether oxygens (including phenoxy) is 1. The van der Waals surface area contributed by atoms with Crippen LogP contribution in [0.1, 0.15) is 24.0 Å². The van der Waals surface area contributed by atoms with Crippen LogP contribution in [0, 0.1) is 12.8 Å². The van der Waals surface area contributed by atoms with Crippen LogP contribution in [0.2, 0.25) is 0 Å². The maximum atomic E-state index is 12.7. The van der Waals surface area contributed by atoms with Crippen LogP contribution in [0.3, 0.4) is 0 Å². The highest BCUT2D eigenvalue weighted by molar-refractivity contribution is 7.91. The first-order chi connectivity index (χ1) is 16.5. The largest absolute Gasteiger partial charge is 0.573 e. The molecule has 6 nitrogen and oxygen atoms in total. The number of nitrogens with one attached hydrogen (secondary N) is 1. The van der Waals surface area contributed by atoms with Crippen LogP contribution < -0.4 is 10.1 Å². The maximum Gasteiger partial charge on any atom is 0.573 e. The van der Waals surface area contributed by atoms with Gasteiger partial charge in [0.2, 0.25) is 5.91 Å². The normalized spacial score (nSPS) is 13.9. The summed E-state index contributed by atoms with van der Waals surface area (Å²) in [5.74, 6) is -0.0587. The lowest BCUT2D eigenvalue weighted by Crippen LogP contribution is -2.17. The molecule has 1 fully saturated rings. The number of hydrogen-bond acceptors (Lipinski definition) is 5. The van der Waals surface area contributed by atoms with Gasteiger partial charge < -0.3 is 10.1 Å². The van der Waals surface area contributed by atoms with Gasteiger partial charge >= 0.3 is 6.36 Å². The van der Waals surface area contributed by atoms with Gasteiger partial charge in [0.05, 0.1) is 17.1 Å². The lowest BCUT2D eigenvalue weighted by molar-refractivity contribution is -0.274. The number of aromatic nitrogens is 1. The van der Waals surface area contributed by atoms with Crippen LogP contribution in [0.25, 0.3) is 11.1 Å². The lowest BCUT2D eigenvalue weighted by atomic mass is 10.0. The van der Waals surface area contributed by atoms with Crippen LogP contribution in [0.15, 0.2) is 65.7 Å². The third-order valence-electron chi connectivity index (χ3n) is 5.58. The first kappa shape index (κ1) is 24.7. The number of aryl methyl sites for hydroxylation is 1. The topological polar surface area (TPSA) is 85.4 Å². The molecule has 0 aliphatic heterocycles. The minimum absolute atomic E-state index is 0.00763. The molecule has 1 N–H and O–H groups in total. The van der Waals surface area contributed by atoms with Gasteiger partial charge in [-0.2, -0.15) is 0 Å². The van der Waals surface area contributed by atoms with Crippen LogP contribution in [-0.4, -0.2) is 31.4 Å². The molecule has 1 aliphatic carbocycles. The first-order valence-electron chi connectivity index (χ1n) is 10.9. The number of carbonyl (C=O) groups is 1. The van der Waals surface area contributed by atoms with E-state index in [1.807, 2.05) is 0 Å². The van der Waals surface area contributed by atoms with Crippen molar-refractivity contribution in [3.8, 4) is 16.9 Å². The number of anilines is 1. The van der Waals surface area contributed by atoms with Crippen LogP contribution in [0.4, 0.5) is 19.0 Å². The highest BCUT2D eigenvalue weighted by Crippen LogP contribution is 2.35. The zero-order valence-corrected chi connectivity index (χ0v) is 19.6. The van der Waals surface area contributed by atoms with Crippen LogP contribution >= 0.6 is 0 Å². The number of amides is 1. The van der Waals surface area contributed by atoms with E-state index in [2.05, 4.69) is 15.0 Å². The Balaban J connectivity index is 1.42. The van der Waals surface area contributed by atoms with Gasteiger partial charge in [-0.15, -0.1) is 13.2 Å². The Kier molecular flexibility index (Phi) is 6.84. The molecule has 1 heterocycles. The zero-order chi connectivity index (χ0) is 25.2. The maximum absolute atomic E-state index is 12.7. The summed E-state index contributed by atoms with van der Waals surface area (Å²) in [6, 6.07) is 13.6. The molecule has 35 heavy (non-hydrogen) atoms. The van der Waals surface area contributed by atoms with E-state index in [0.717, 1.165) is 12.8 Å². The van der Waals surface area contributed by atoms with Gasteiger partial charge in [-0.25, -0.2) is 13.4 Å². The second-order valence-electron chi connectivity index (χ2n) is 8.52. The zero-order valence-electron chi connectivity index (χ0n) is 18.8.